The molecule has 0 aliphatic carbocycles. The van der Waals surface area contributed by atoms with E-state index in [1.165, 1.54) is 5.56 Å². The van der Waals surface area contributed by atoms with E-state index in [0.29, 0.717) is 6.04 Å². The second kappa shape index (κ2) is 6.73. The van der Waals surface area contributed by atoms with Crippen LogP contribution in [0.3, 0.4) is 0 Å². The third-order valence-corrected chi connectivity index (χ3v) is 3.94. The monoisotopic (exact) mass is 276 g/mol. The summed E-state index contributed by atoms with van der Waals surface area (Å²) in [4.78, 5) is 8.71. The number of hydrogen-bond donors (Lipinski definition) is 1. The molecule has 102 valence electrons. The van der Waals surface area contributed by atoms with E-state index in [1.807, 2.05) is 24.0 Å². The number of aromatic nitrogens is 3. The molecule has 0 aliphatic heterocycles. The van der Waals surface area contributed by atoms with Gasteiger partial charge in [0, 0.05) is 31.7 Å². The standard InChI is InChI=1S/C14H20N4S/c1-4-6-15-11(2)12-5-7-16-13(10-12)19-14-17-8-9-18(14)3/h5,7-11,15H,4,6H2,1-3H3. The second-order valence-electron chi connectivity index (χ2n) is 4.53. The number of nitrogens with one attached hydrogen (secondary N) is 1. The Morgan fingerprint density at radius 2 is 2.21 bits per heavy atom. The highest BCUT2D eigenvalue weighted by Gasteiger charge is 2.08. The molecule has 2 aromatic heterocycles. The quantitative estimate of drug-likeness (QED) is 0.880. The van der Waals surface area contributed by atoms with Gasteiger partial charge in [-0.3, -0.25) is 0 Å². The SMILES string of the molecule is CCCNC(C)c1ccnc(Sc2nccn2C)c1. The average molecular weight is 276 g/mol. The Balaban J connectivity index is 2.09. The first-order valence-electron chi connectivity index (χ1n) is 6.55. The number of rotatable bonds is 6. The van der Waals surface area contributed by atoms with Crippen LogP contribution in [0, 0.1) is 0 Å². The van der Waals surface area contributed by atoms with Gasteiger partial charge < -0.3 is 9.88 Å². The van der Waals surface area contributed by atoms with Crippen LogP contribution in [0.15, 0.2) is 40.9 Å². The lowest BCUT2D eigenvalue weighted by Crippen LogP contribution is -2.19. The van der Waals surface area contributed by atoms with Crippen molar-refractivity contribution in [3.63, 3.8) is 0 Å². The van der Waals surface area contributed by atoms with Crippen molar-refractivity contribution in [3.8, 4) is 0 Å². The molecule has 1 unspecified atom stereocenters. The minimum absolute atomic E-state index is 0.351. The second-order valence-corrected chi connectivity index (χ2v) is 5.51. The molecule has 0 bridgehead atoms. The molecule has 19 heavy (non-hydrogen) atoms. The van der Waals surface area contributed by atoms with E-state index in [9.17, 15) is 0 Å². The van der Waals surface area contributed by atoms with Crippen molar-refractivity contribution >= 4 is 11.8 Å². The Morgan fingerprint density at radius 1 is 1.37 bits per heavy atom. The van der Waals surface area contributed by atoms with Crippen molar-refractivity contribution < 1.29 is 0 Å². The summed E-state index contributed by atoms with van der Waals surface area (Å²) >= 11 is 1.59. The van der Waals surface area contributed by atoms with E-state index in [-0.39, 0.29) is 0 Å². The fraction of sp³-hybridized carbons (Fsp3) is 0.429. The molecule has 5 heteroatoms. The fourth-order valence-electron chi connectivity index (χ4n) is 1.77. The molecule has 2 rings (SSSR count). The smallest absolute Gasteiger partial charge is 0.174 e. The lowest BCUT2D eigenvalue weighted by Gasteiger charge is -2.14. The summed E-state index contributed by atoms with van der Waals surface area (Å²) in [6, 6.07) is 4.55. The van der Waals surface area contributed by atoms with Gasteiger partial charge in [-0.05, 0) is 49.3 Å². The zero-order valence-corrected chi connectivity index (χ0v) is 12.4. The molecule has 0 amide bonds. The topological polar surface area (TPSA) is 42.7 Å². The van der Waals surface area contributed by atoms with Gasteiger partial charge >= 0.3 is 0 Å². The Bertz CT molecular complexity index is 524. The minimum Gasteiger partial charge on any atom is -0.329 e. The maximum absolute atomic E-state index is 4.40. The van der Waals surface area contributed by atoms with Crippen LogP contribution >= 0.6 is 11.8 Å². The fourth-order valence-corrected chi connectivity index (χ4v) is 2.59. The molecule has 0 aromatic carbocycles. The molecule has 2 aromatic rings. The predicted octanol–water partition coefficient (Wildman–Crippen LogP) is 3.03. The van der Waals surface area contributed by atoms with Gasteiger partial charge in [0.1, 0.15) is 5.03 Å². The van der Waals surface area contributed by atoms with Crippen LogP contribution in [0.5, 0.6) is 0 Å². The van der Waals surface area contributed by atoms with E-state index in [2.05, 4.69) is 41.3 Å². The summed E-state index contributed by atoms with van der Waals surface area (Å²) in [5.41, 5.74) is 1.26. The summed E-state index contributed by atoms with van der Waals surface area (Å²) in [6.07, 6.45) is 6.75. The highest BCUT2D eigenvalue weighted by atomic mass is 32.2. The maximum Gasteiger partial charge on any atom is 0.174 e. The maximum atomic E-state index is 4.40. The van der Waals surface area contributed by atoms with Gasteiger partial charge in [0.05, 0.1) is 0 Å². The van der Waals surface area contributed by atoms with Crippen molar-refractivity contribution in [1.29, 1.82) is 0 Å². The summed E-state index contributed by atoms with van der Waals surface area (Å²) in [6.45, 7) is 5.39. The number of nitrogens with zero attached hydrogens (tertiary/aromatic N) is 3. The van der Waals surface area contributed by atoms with Crippen LogP contribution in [0.25, 0.3) is 0 Å². The van der Waals surface area contributed by atoms with Gasteiger partial charge in [-0.15, -0.1) is 0 Å². The first-order valence-corrected chi connectivity index (χ1v) is 7.37. The summed E-state index contributed by atoms with van der Waals surface area (Å²) < 4.78 is 2.00. The third-order valence-electron chi connectivity index (χ3n) is 2.93. The van der Waals surface area contributed by atoms with Crippen LogP contribution in [-0.2, 0) is 7.05 Å². The number of aryl methyl sites for hydroxylation is 1. The van der Waals surface area contributed by atoms with E-state index in [0.717, 1.165) is 23.1 Å². The Morgan fingerprint density at radius 3 is 2.89 bits per heavy atom. The average Bonchev–Trinajstić information content (AvgIpc) is 2.82. The van der Waals surface area contributed by atoms with Gasteiger partial charge in [0.25, 0.3) is 0 Å². The van der Waals surface area contributed by atoms with Gasteiger partial charge in [-0.25, -0.2) is 9.97 Å². The first kappa shape index (κ1) is 14.1. The van der Waals surface area contributed by atoms with Crippen LogP contribution in [0.2, 0.25) is 0 Å². The largest absolute Gasteiger partial charge is 0.329 e. The van der Waals surface area contributed by atoms with E-state index >= 15 is 0 Å². The van der Waals surface area contributed by atoms with E-state index in [4.69, 9.17) is 0 Å². The van der Waals surface area contributed by atoms with Crippen LogP contribution in [-0.4, -0.2) is 21.1 Å². The van der Waals surface area contributed by atoms with Crippen molar-refractivity contribution in [2.75, 3.05) is 6.54 Å². The van der Waals surface area contributed by atoms with Gasteiger partial charge in [0.2, 0.25) is 0 Å². The van der Waals surface area contributed by atoms with Crippen LogP contribution in [0.1, 0.15) is 31.9 Å². The Labute approximate surface area is 118 Å². The van der Waals surface area contributed by atoms with Crippen LogP contribution in [0.4, 0.5) is 0 Å². The van der Waals surface area contributed by atoms with Gasteiger partial charge in [0.15, 0.2) is 5.16 Å². The first-order chi connectivity index (χ1) is 9.20. The highest BCUT2D eigenvalue weighted by molar-refractivity contribution is 7.99. The summed E-state index contributed by atoms with van der Waals surface area (Å²) in [7, 11) is 1.99. The van der Waals surface area contributed by atoms with E-state index in [1.54, 1.807) is 18.0 Å². The Kier molecular flexibility index (Phi) is 4.99. The molecule has 0 aliphatic rings. The molecule has 4 nitrogen and oxygen atoms in total. The predicted molar refractivity (Wildman–Crippen MR) is 78.3 cm³/mol. The number of hydrogen-bond acceptors (Lipinski definition) is 4. The molecule has 1 N–H and O–H groups in total. The lowest BCUT2D eigenvalue weighted by atomic mass is 10.1. The molecule has 1 atom stereocenters. The van der Waals surface area contributed by atoms with E-state index < -0.39 is 0 Å². The lowest BCUT2D eigenvalue weighted by molar-refractivity contribution is 0.569. The molecular formula is C14H20N4S. The molecule has 0 saturated heterocycles. The molecule has 0 spiro atoms. The van der Waals surface area contributed by atoms with Crippen molar-refractivity contribution in [2.45, 2.75) is 36.5 Å². The van der Waals surface area contributed by atoms with Crippen LogP contribution < -0.4 is 5.32 Å². The van der Waals surface area contributed by atoms with Crippen molar-refractivity contribution in [2.24, 2.45) is 7.05 Å². The number of imidazole rings is 1. The molecule has 0 fully saturated rings. The molecule has 0 radical (unpaired) electrons. The zero-order chi connectivity index (χ0) is 13.7. The van der Waals surface area contributed by atoms with Crippen molar-refractivity contribution in [3.05, 3.63) is 36.3 Å². The third kappa shape index (κ3) is 3.81. The van der Waals surface area contributed by atoms with Gasteiger partial charge in [-0.1, -0.05) is 6.92 Å². The zero-order valence-electron chi connectivity index (χ0n) is 11.6. The minimum atomic E-state index is 0.351. The molecule has 0 saturated carbocycles. The number of pyridine rings is 1. The normalized spacial score (nSPS) is 12.6. The van der Waals surface area contributed by atoms with Gasteiger partial charge in [-0.2, -0.15) is 0 Å². The summed E-state index contributed by atoms with van der Waals surface area (Å²) in [5.74, 6) is 0. The molecular weight excluding hydrogens is 256 g/mol. The Hall–Kier alpha value is -1.33. The molecule has 2 heterocycles. The highest BCUT2D eigenvalue weighted by Crippen LogP contribution is 2.25. The van der Waals surface area contributed by atoms with Crippen molar-refractivity contribution in [1.82, 2.24) is 19.9 Å². The summed E-state index contributed by atoms with van der Waals surface area (Å²) in [5, 5.41) is 5.43.